The molecule has 4 unspecified atom stereocenters. The normalized spacial score (nSPS) is 23.2. The first-order chi connectivity index (χ1) is 14.1. The van der Waals surface area contributed by atoms with Crippen molar-refractivity contribution in [2.24, 2.45) is 5.92 Å². The number of hydrogen-bond donors (Lipinski definition) is 0. The highest BCUT2D eigenvalue weighted by atomic mass is 16.7. The van der Waals surface area contributed by atoms with E-state index in [-0.39, 0.29) is 19.1 Å². The third-order valence-electron chi connectivity index (χ3n) is 4.59. The fourth-order valence-electron chi connectivity index (χ4n) is 3.09. The second kappa shape index (κ2) is 9.87. The van der Waals surface area contributed by atoms with E-state index in [0.717, 1.165) is 0 Å². The Bertz CT molecular complexity index is 858. The molecule has 6 nitrogen and oxygen atoms in total. The summed E-state index contributed by atoms with van der Waals surface area (Å²) in [7, 11) is 0. The smallest absolute Gasteiger partial charge is 0.338 e. The Morgan fingerprint density at radius 1 is 1.00 bits per heavy atom. The molecule has 4 atom stereocenters. The number of carbonyl (C=O) groups excluding carboxylic acids is 2. The summed E-state index contributed by atoms with van der Waals surface area (Å²) >= 11 is 0. The zero-order valence-electron chi connectivity index (χ0n) is 16.0. The Morgan fingerprint density at radius 2 is 1.59 bits per heavy atom. The Hall–Kier alpha value is -3.14. The number of esters is 2. The molecule has 29 heavy (non-hydrogen) atoms. The van der Waals surface area contributed by atoms with Crippen molar-refractivity contribution in [1.82, 2.24) is 0 Å². The number of carbonyl (C=O) groups is 2. The van der Waals surface area contributed by atoms with E-state index in [1.54, 1.807) is 48.5 Å². The largest absolute Gasteiger partial charge is 0.459 e. The maximum absolute atomic E-state index is 12.5. The third kappa shape index (κ3) is 5.23. The lowest BCUT2D eigenvalue weighted by Gasteiger charge is -2.21. The number of benzene rings is 2. The van der Waals surface area contributed by atoms with Gasteiger partial charge in [-0.25, -0.2) is 9.59 Å². The van der Waals surface area contributed by atoms with Crippen molar-refractivity contribution in [3.63, 3.8) is 0 Å². The minimum atomic E-state index is -0.673. The van der Waals surface area contributed by atoms with Crippen LogP contribution >= 0.6 is 0 Å². The van der Waals surface area contributed by atoms with Gasteiger partial charge in [-0.1, -0.05) is 49.2 Å². The Labute approximate surface area is 169 Å². The van der Waals surface area contributed by atoms with Crippen molar-refractivity contribution in [3.05, 3.63) is 71.8 Å². The average Bonchev–Trinajstić information content (AvgIpc) is 3.06. The molecule has 1 heterocycles. The molecule has 1 aliphatic rings. The van der Waals surface area contributed by atoms with Gasteiger partial charge in [0.15, 0.2) is 6.29 Å². The fraction of sp³-hybridized carbons (Fsp3) is 0.304. The lowest BCUT2D eigenvalue weighted by Crippen LogP contribution is -2.35. The quantitative estimate of drug-likeness (QED) is 0.531. The Morgan fingerprint density at radius 3 is 2.17 bits per heavy atom. The fourth-order valence-corrected chi connectivity index (χ4v) is 3.09. The number of rotatable bonds is 7. The van der Waals surface area contributed by atoms with Crippen molar-refractivity contribution in [3.8, 4) is 12.3 Å². The maximum atomic E-state index is 12.5. The molecule has 0 amide bonds. The molecular formula is C23H22O6. The van der Waals surface area contributed by atoms with E-state index in [4.69, 9.17) is 25.4 Å². The molecule has 0 aliphatic carbocycles. The first kappa shape index (κ1) is 20.6. The summed E-state index contributed by atoms with van der Waals surface area (Å²) in [6.45, 7) is 1.81. The van der Waals surface area contributed by atoms with Gasteiger partial charge < -0.3 is 18.9 Å². The molecule has 150 valence electrons. The lowest BCUT2D eigenvalue weighted by molar-refractivity contribution is -0.146. The van der Waals surface area contributed by atoms with Crippen LogP contribution in [0.25, 0.3) is 0 Å². The van der Waals surface area contributed by atoms with Crippen LogP contribution in [0.5, 0.6) is 0 Å². The van der Waals surface area contributed by atoms with Crippen LogP contribution in [0.2, 0.25) is 0 Å². The van der Waals surface area contributed by atoms with Crippen LogP contribution in [0.3, 0.4) is 0 Å². The summed E-state index contributed by atoms with van der Waals surface area (Å²) in [5, 5.41) is 0. The molecule has 0 spiro atoms. The molecule has 6 heteroatoms. The van der Waals surface area contributed by atoms with E-state index in [1.807, 2.05) is 19.1 Å². The molecule has 0 bridgehead atoms. The predicted octanol–water partition coefficient (Wildman–Crippen LogP) is 3.08. The summed E-state index contributed by atoms with van der Waals surface area (Å²) in [6, 6.07) is 17.3. The number of hydrogen-bond acceptors (Lipinski definition) is 6. The van der Waals surface area contributed by atoms with E-state index in [2.05, 4.69) is 5.92 Å². The van der Waals surface area contributed by atoms with Gasteiger partial charge >= 0.3 is 11.9 Å². The van der Waals surface area contributed by atoms with Gasteiger partial charge in [0.2, 0.25) is 0 Å². The molecule has 3 rings (SSSR count). The van der Waals surface area contributed by atoms with Crippen LogP contribution in [-0.2, 0) is 18.9 Å². The molecule has 0 N–H and O–H groups in total. The van der Waals surface area contributed by atoms with Crippen molar-refractivity contribution < 1.29 is 28.5 Å². The van der Waals surface area contributed by atoms with E-state index in [1.165, 1.54) is 0 Å². The molecule has 0 aromatic heterocycles. The summed E-state index contributed by atoms with van der Waals surface area (Å²) in [6.07, 6.45) is 3.26. The number of ether oxygens (including phenoxy) is 4. The molecule has 2 aromatic carbocycles. The van der Waals surface area contributed by atoms with E-state index >= 15 is 0 Å². The highest BCUT2D eigenvalue weighted by molar-refractivity contribution is 5.90. The van der Waals surface area contributed by atoms with Crippen LogP contribution < -0.4 is 0 Å². The second-order valence-electron chi connectivity index (χ2n) is 6.62. The van der Waals surface area contributed by atoms with Crippen LogP contribution in [0.4, 0.5) is 0 Å². The maximum Gasteiger partial charge on any atom is 0.338 e. The minimum absolute atomic E-state index is 0.0604. The van der Waals surface area contributed by atoms with E-state index in [9.17, 15) is 9.59 Å². The van der Waals surface area contributed by atoms with Crippen molar-refractivity contribution in [1.29, 1.82) is 0 Å². The summed E-state index contributed by atoms with van der Waals surface area (Å²) in [5.41, 5.74) is 0.851. The standard InChI is InChI=1S/C23H22O6/c1-3-14-26-23-16(2)20(29-22(25)18-12-8-5-9-13-18)19(28-23)15-27-21(24)17-10-6-4-7-11-17/h1,4-13,16,19-20,23H,14-15H2,2H3. The van der Waals surface area contributed by atoms with Crippen LogP contribution in [0, 0.1) is 18.3 Å². The Balaban J connectivity index is 1.68. The molecule has 1 aliphatic heterocycles. The van der Waals surface area contributed by atoms with E-state index in [0.29, 0.717) is 11.1 Å². The molecular weight excluding hydrogens is 372 g/mol. The highest BCUT2D eigenvalue weighted by Crippen LogP contribution is 2.31. The van der Waals surface area contributed by atoms with Crippen LogP contribution in [-0.4, -0.2) is 43.7 Å². The predicted molar refractivity (Wildman–Crippen MR) is 105 cm³/mol. The first-order valence-corrected chi connectivity index (χ1v) is 9.29. The van der Waals surface area contributed by atoms with Crippen molar-refractivity contribution in [2.75, 3.05) is 13.2 Å². The minimum Gasteiger partial charge on any atom is -0.459 e. The molecule has 1 fully saturated rings. The van der Waals surface area contributed by atoms with Gasteiger partial charge in [-0.2, -0.15) is 0 Å². The van der Waals surface area contributed by atoms with Gasteiger partial charge in [0.05, 0.1) is 11.1 Å². The molecule has 1 saturated heterocycles. The first-order valence-electron chi connectivity index (χ1n) is 9.29. The number of terminal acetylenes is 1. The third-order valence-corrected chi connectivity index (χ3v) is 4.59. The molecule has 0 radical (unpaired) electrons. The monoisotopic (exact) mass is 394 g/mol. The summed E-state index contributed by atoms with van der Waals surface area (Å²) in [5.74, 6) is 1.13. The summed E-state index contributed by atoms with van der Waals surface area (Å²) < 4.78 is 22.4. The Kier molecular flexibility index (Phi) is 7.01. The van der Waals surface area contributed by atoms with Gasteiger partial charge in [-0.05, 0) is 24.3 Å². The highest BCUT2D eigenvalue weighted by Gasteiger charge is 2.46. The van der Waals surface area contributed by atoms with Gasteiger partial charge in [0.1, 0.15) is 25.4 Å². The molecule has 0 saturated carbocycles. The second-order valence-corrected chi connectivity index (χ2v) is 6.62. The topological polar surface area (TPSA) is 71.1 Å². The zero-order valence-corrected chi connectivity index (χ0v) is 16.0. The average molecular weight is 394 g/mol. The van der Waals surface area contributed by atoms with Gasteiger partial charge in [-0.15, -0.1) is 6.42 Å². The van der Waals surface area contributed by atoms with Gasteiger partial charge in [-0.3, -0.25) is 0 Å². The lowest BCUT2D eigenvalue weighted by atomic mass is 10.0. The van der Waals surface area contributed by atoms with Gasteiger partial charge in [0, 0.05) is 5.92 Å². The van der Waals surface area contributed by atoms with Gasteiger partial charge in [0.25, 0.3) is 0 Å². The van der Waals surface area contributed by atoms with Crippen LogP contribution in [0.1, 0.15) is 27.6 Å². The van der Waals surface area contributed by atoms with E-state index < -0.39 is 30.4 Å². The molecule has 2 aromatic rings. The van der Waals surface area contributed by atoms with Crippen molar-refractivity contribution in [2.45, 2.75) is 25.4 Å². The summed E-state index contributed by atoms with van der Waals surface area (Å²) in [4.78, 5) is 24.8. The zero-order chi connectivity index (χ0) is 20.6. The van der Waals surface area contributed by atoms with Crippen molar-refractivity contribution >= 4 is 11.9 Å². The van der Waals surface area contributed by atoms with Crippen LogP contribution in [0.15, 0.2) is 60.7 Å². The SMILES string of the molecule is C#CCOC1OC(COC(=O)c2ccccc2)C(OC(=O)c2ccccc2)C1C.